The summed E-state index contributed by atoms with van der Waals surface area (Å²) in [4.78, 5) is 21.2. The number of allylic oxidation sites excluding steroid dienone is 2. The molecule has 68 valence electrons. The van der Waals surface area contributed by atoms with Crippen molar-refractivity contribution in [3.05, 3.63) is 23.6 Å². The van der Waals surface area contributed by atoms with Crippen molar-refractivity contribution >= 4 is 12.6 Å². The molecule has 2 rings (SSSR count). The zero-order valence-corrected chi connectivity index (χ0v) is 6.90. The van der Waals surface area contributed by atoms with Gasteiger partial charge in [0.1, 0.15) is 12.6 Å². The molecule has 2 atom stereocenters. The van der Waals surface area contributed by atoms with Crippen LogP contribution in [0.1, 0.15) is 6.42 Å². The van der Waals surface area contributed by atoms with Crippen LogP contribution in [0, 0.1) is 5.92 Å². The average molecular weight is 179 g/mol. The Morgan fingerprint density at radius 3 is 2.85 bits per heavy atom. The first-order valence-corrected chi connectivity index (χ1v) is 4.07. The molecule has 0 fully saturated rings. The number of aldehydes is 2. The Balaban J connectivity index is 2.33. The van der Waals surface area contributed by atoms with E-state index in [1.54, 1.807) is 6.20 Å². The SMILES string of the molecule is O=CC1=CNC2CC1C(C=O)=CO2. The first-order valence-electron chi connectivity index (χ1n) is 4.07. The van der Waals surface area contributed by atoms with Crippen molar-refractivity contribution in [1.29, 1.82) is 0 Å². The number of nitrogens with one attached hydrogen (secondary N) is 1. The fourth-order valence-corrected chi connectivity index (χ4v) is 1.60. The molecule has 2 unspecified atom stereocenters. The fraction of sp³-hybridized carbons (Fsp3) is 0.333. The summed E-state index contributed by atoms with van der Waals surface area (Å²) in [5.41, 5.74) is 1.15. The van der Waals surface area contributed by atoms with E-state index < -0.39 is 0 Å². The van der Waals surface area contributed by atoms with Gasteiger partial charge in [0.2, 0.25) is 0 Å². The minimum absolute atomic E-state index is 0.0880. The number of ether oxygens (including phenoxy) is 1. The van der Waals surface area contributed by atoms with Gasteiger partial charge in [-0.3, -0.25) is 9.59 Å². The van der Waals surface area contributed by atoms with Gasteiger partial charge in [0.25, 0.3) is 0 Å². The van der Waals surface area contributed by atoms with Gasteiger partial charge in [-0.25, -0.2) is 0 Å². The van der Waals surface area contributed by atoms with Crippen LogP contribution in [0.4, 0.5) is 0 Å². The lowest BCUT2D eigenvalue weighted by atomic mass is 9.86. The third kappa shape index (κ3) is 1.24. The summed E-state index contributed by atoms with van der Waals surface area (Å²) >= 11 is 0. The Morgan fingerprint density at radius 2 is 2.15 bits per heavy atom. The van der Waals surface area contributed by atoms with Gasteiger partial charge in [-0.1, -0.05) is 0 Å². The summed E-state index contributed by atoms with van der Waals surface area (Å²) in [6, 6.07) is 0. The van der Waals surface area contributed by atoms with Crippen molar-refractivity contribution < 1.29 is 14.3 Å². The maximum atomic E-state index is 10.6. The molecular formula is C9H9NO3. The molecule has 2 aliphatic heterocycles. The topological polar surface area (TPSA) is 55.4 Å². The van der Waals surface area contributed by atoms with Crippen molar-refractivity contribution in [3.63, 3.8) is 0 Å². The maximum absolute atomic E-state index is 10.6. The van der Waals surface area contributed by atoms with Crippen LogP contribution in [0.5, 0.6) is 0 Å². The third-order valence-corrected chi connectivity index (χ3v) is 2.33. The summed E-state index contributed by atoms with van der Waals surface area (Å²) in [7, 11) is 0. The second-order valence-electron chi connectivity index (χ2n) is 3.08. The first kappa shape index (κ1) is 8.04. The molecule has 0 aromatic rings. The lowest BCUT2D eigenvalue weighted by molar-refractivity contribution is -0.106. The van der Waals surface area contributed by atoms with E-state index in [1.165, 1.54) is 6.26 Å². The van der Waals surface area contributed by atoms with E-state index in [9.17, 15) is 9.59 Å². The monoisotopic (exact) mass is 179 g/mol. The number of hydrogen-bond acceptors (Lipinski definition) is 4. The summed E-state index contributed by atoms with van der Waals surface area (Å²) in [5.74, 6) is -0.0880. The van der Waals surface area contributed by atoms with E-state index >= 15 is 0 Å². The third-order valence-electron chi connectivity index (χ3n) is 2.33. The van der Waals surface area contributed by atoms with Crippen LogP contribution in [0.2, 0.25) is 0 Å². The number of carbonyl (C=O) groups is 2. The number of carbonyl (C=O) groups excluding carboxylic acids is 2. The van der Waals surface area contributed by atoms with Crippen molar-refractivity contribution in [3.8, 4) is 0 Å². The standard InChI is InChI=1S/C9H9NO3/c11-3-6-2-10-9-1-8(6)7(4-12)5-13-9/h2-5,8-10H,1H2. The van der Waals surface area contributed by atoms with E-state index in [0.29, 0.717) is 17.6 Å². The normalized spacial score (nSPS) is 30.5. The summed E-state index contributed by atoms with van der Waals surface area (Å²) in [5, 5.41) is 2.92. The zero-order valence-electron chi connectivity index (χ0n) is 6.90. The highest BCUT2D eigenvalue weighted by atomic mass is 16.5. The van der Waals surface area contributed by atoms with E-state index in [4.69, 9.17) is 4.74 Å². The quantitative estimate of drug-likeness (QED) is 0.611. The second-order valence-corrected chi connectivity index (χ2v) is 3.08. The maximum Gasteiger partial charge on any atom is 0.169 e. The minimum Gasteiger partial charge on any atom is -0.478 e. The zero-order chi connectivity index (χ0) is 9.26. The molecule has 0 spiro atoms. The van der Waals surface area contributed by atoms with Gasteiger partial charge < -0.3 is 10.1 Å². The Kier molecular flexibility index (Phi) is 1.88. The molecule has 0 aliphatic carbocycles. The molecule has 2 bridgehead atoms. The fourth-order valence-electron chi connectivity index (χ4n) is 1.60. The van der Waals surface area contributed by atoms with Gasteiger partial charge in [-0.2, -0.15) is 0 Å². The van der Waals surface area contributed by atoms with E-state index in [-0.39, 0.29) is 12.1 Å². The van der Waals surface area contributed by atoms with Crippen LogP contribution in [0.3, 0.4) is 0 Å². The van der Waals surface area contributed by atoms with Crippen LogP contribution in [-0.4, -0.2) is 18.8 Å². The van der Waals surface area contributed by atoms with Crippen molar-refractivity contribution in [2.75, 3.05) is 0 Å². The summed E-state index contributed by atoms with van der Waals surface area (Å²) < 4.78 is 5.18. The Bertz CT molecular complexity index is 278. The summed E-state index contributed by atoms with van der Waals surface area (Å²) in [6.07, 6.45) is 5.10. The van der Waals surface area contributed by atoms with Crippen LogP contribution < -0.4 is 5.32 Å². The predicted octanol–water partition coefficient (Wildman–Crippen LogP) is 0.118. The van der Waals surface area contributed by atoms with Gasteiger partial charge in [0, 0.05) is 29.7 Å². The smallest absolute Gasteiger partial charge is 0.169 e. The molecule has 0 aromatic heterocycles. The Morgan fingerprint density at radius 1 is 1.38 bits per heavy atom. The minimum atomic E-state index is -0.0996. The van der Waals surface area contributed by atoms with E-state index in [2.05, 4.69) is 5.32 Å². The molecule has 4 nitrogen and oxygen atoms in total. The Labute approximate surface area is 75.3 Å². The molecule has 0 saturated heterocycles. The molecule has 0 aromatic carbocycles. The Hall–Kier alpha value is -1.58. The lowest BCUT2D eigenvalue weighted by Gasteiger charge is -2.32. The lowest BCUT2D eigenvalue weighted by Crippen LogP contribution is -2.38. The number of hydrogen-bond donors (Lipinski definition) is 1. The van der Waals surface area contributed by atoms with Gasteiger partial charge in [-0.05, 0) is 0 Å². The van der Waals surface area contributed by atoms with Gasteiger partial charge in [0.15, 0.2) is 6.23 Å². The molecule has 2 aliphatic rings. The van der Waals surface area contributed by atoms with E-state index in [0.717, 1.165) is 12.6 Å². The molecule has 1 N–H and O–H groups in total. The van der Waals surface area contributed by atoms with Gasteiger partial charge >= 0.3 is 0 Å². The van der Waals surface area contributed by atoms with Crippen molar-refractivity contribution in [2.45, 2.75) is 12.6 Å². The highest BCUT2D eigenvalue weighted by Gasteiger charge is 2.30. The van der Waals surface area contributed by atoms with Gasteiger partial charge in [-0.15, -0.1) is 0 Å². The highest BCUT2D eigenvalue weighted by Crippen LogP contribution is 2.30. The van der Waals surface area contributed by atoms with Crippen LogP contribution >= 0.6 is 0 Å². The molecule has 0 saturated carbocycles. The van der Waals surface area contributed by atoms with Crippen LogP contribution in [0.25, 0.3) is 0 Å². The summed E-state index contributed by atoms with van der Waals surface area (Å²) in [6.45, 7) is 0. The first-order chi connectivity index (χ1) is 6.35. The average Bonchev–Trinajstić information content (AvgIpc) is 2.19. The number of rotatable bonds is 2. The molecule has 0 amide bonds. The van der Waals surface area contributed by atoms with Crippen molar-refractivity contribution in [1.82, 2.24) is 5.32 Å². The predicted molar refractivity (Wildman–Crippen MR) is 44.4 cm³/mol. The van der Waals surface area contributed by atoms with Gasteiger partial charge in [0.05, 0.1) is 6.26 Å². The molecule has 0 radical (unpaired) electrons. The molecule has 2 heterocycles. The van der Waals surface area contributed by atoms with Crippen LogP contribution in [-0.2, 0) is 14.3 Å². The molecule has 13 heavy (non-hydrogen) atoms. The molecular weight excluding hydrogens is 170 g/mol. The van der Waals surface area contributed by atoms with E-state index in [1.807, 2.05) is 0 Å². The van der Waals surface area contributed by atoms with Crippen molar-refractivity contribution in [2.24, 2.45) is 5.92 Å². The van der Waals surface area contributed by atoms with Crippen LogP contribution in [0.15, 0.2) is 23.6 Å². The highest BCUT2D eigenvalue weighted by molar-refractivity contribution is 5.82. The second kappa shape index (κ2) is 3.05. The largest absolute Gasteiger partial charge is 0.478 e. The molecule has 4 heteroatoms. The number of fused-ring (bicyclic) bond motifs is 2.